The molecule has 0 aliphatic heterocycles. The molecular formula is C13H10ClN3OS. The molecule has 1 aromatic heterocycles. The van der Waals surface area contributed by atoms with Gasteiger partial charge in [0.25, 0.3) is 0 Å². The molecule has 2 rings (SSSR count). The number of carbonyl (C=O) groups excluding carboxylic acids is 1. The predicted molar refractivity (Wildman–Crippen MR) is 75.0 cm³/mol. The molecule has 1 amide bonds. The van der Waals surface area contributed by atoms with Gasteiger partial charge in [-0.15, -0.1) is 11.3 Å². The second-order valence-electron chi connectivity index (χ2n) is 3.84. The number of thiazole rings is 1. The highest BCUT2D eigenvalue weighted by molar-refractivity contribution is 7.13. The van der Waals surface area contributed by atoms with Crippen LogP contribution >= 0.6 is 22.9 Å². The fourth-order valence-corrected chi connectivity index (χ4v) is 2.19. The summed E-state index contributed by atoms with van der Waals surface area (Å²) in [6.07, 6.45) is 1.95. The summed E-state index contributed by atoms with van der Waals surface area (Å²) in [6, 6.07) is 9.11. The molecule has 0 saturated carbocycles. The summed E-state index contributed by atoms with van der Waals surface area (Å²) >= 11 is 7.11. The van der Waals surface area contributed by atoms with E-state index < -0.39 is 5.92 Å². The van der Waals surface area contributed by atoms with E-state index >= 15 is 0 Å². The van der Waals surface area contributed by atoms with Gasteiger partial charge in [-0.1, -0.05) is 23.7 Å². The van der Waals surface area contributed by atoms with Crippen molar-refractivity contribution in [3.8, 4) is 6.07 Å². The van der Waals surface area contributed by atoms with Gasteiger partial charge < -0.3 is 5.32 Å². The highest BCUT2D eigenvalue weighted by atomic mass is 35.5. The highest BCUT2D eigenvalue weighted by Gasteiger charge is 2.19. The van der Waals surface area contributed by atoms with Crippen molar-refractivity contribution < 1.29 is 4.79 Å². The molecule has 0 aliphatic rings. The van der Waals surface area contributed by atoms with Gasteiger partial charge in [0.05, 0.1) is 6.07 Å². The maximum Gasteiger partial charge on any atom is 0.243 e. The summed E-state index contributed by atoms with van der Waals surface area (Å²) in [7, 11) is 0. The predicted octanol–water partition coefficient (Wildman–Crippen LogP) is 3.12. The van der Waals surface area contributed by atoms with E-state index in [1.165, 1.54) is 11.3 Å². The molecule has 0 fully saturated rings. The minimum atomic E-state index is -0.745. The molecule has 1 atom stereocenters. The second kappa shape index (κ2) is 6.32. The van der Waals surface area contributed by atoms with Crippen molar-refractivity contribution in [2.75, 3.05) is 5.32 Å². The van der Waals surface area contributed by atoms with E-state index in [1.807, 2.05) is 18.2 Å². The van der Waals surface area contributed by atoms with Crippen LogP contribution in [0.2, 0.25) is 5.02 Å². The number of nitrogens with zero attached hydrogens (tertiary/aromatic N) is 2. The third kappa shape index (κ3) is 3.78. The summed E-state index contributed by atoms with van der Waals surface area (Å²) in [5, 5.41) is 14.6. The molecule has 96 valence electrons. The Morgan fingerprint density at radius 2 is 2.21 bits per heavy atom. The smallest absolute Gasteiger partial charge is 0.243 e. The maximum atomic E-state index is 11.9. The number of hydrogen-bond donors (Lipinski definition) is 1. The zero-order valence-electron chi connectivity index (χ0n) is 9.84. The summed E-state index contributed by atoms with van der Waals surface area (Å²) < 4.78 is 0. The summed E-state index contributed by atoms with van der Waals surface area (Å²) in [5.41, 5.74) is 0.894. The summed E-state index contributed by atoms with van der Waals surface area (Å²) in [5.74, 6) is -1.09. The zero-order valence-corrected chi connectivity index (χ0v) is 11.4. The molecule has 1 N–H and O–H groups in total. The number of amides is 1. The topological polar surface area (TPSA) is 65.8 Å². The Kier molecular flexibility index (Phi) is 4.50. The van der Waals surface area contributed by atoms with E-state index in [1.54, 1.807) is 23.7 Å². The van der Waals surface area contributed by atoms with Crippen LogP contribution in [0, 0.1) is 17.2 Å². The molecule has 6 heteroatoms. The van der Waals surface area contributed by atoms with Gasteiger partial charge >= 0.3 is 0 Å². The monoisotopic (exact) mass is 291 g/mol. The molecule has 1 aromatic carbocycles. The average molecular weight is 292 g/mol. The van der Waals surface area contributed by atoms with Gasteiger partial charge in [0.2, 0.25) is 5.91 Å². The van der Waals surface area contributed by atoms with Crippen LogP contribution in [-0.4, -0.2) is 10.9 Å². The molecule has 2 aromatic rings. The molecular weight excluding hydrogens is 282 g/mol. The first-order valence-electron chi connectivity index (χ1n) is 5.53. The lowest BCUT2D eigenvalue weighted by Crippen LogP contribution is -2.23. The van der Waals surface area contributed by atoms with Gasteiger partial charge in [-0.25, -0.2) is 4.98 Å². The minimum absolute atomic E-state index is 0.340. The SMILES string of the molecule is N#CC(Cc1ccc(Cl)cc1)C(=O)Nc1nccs1. The van der Waals surface area contributed by atoms with E-state index in [2.05, 4.69) is 10.3 Å². The largest absolute Gasteiger partial charge is 0.301 e. The minimum Gasteiger partial charge on any atom is -0.301 e. The van der Waals surface area contributed by atoms with E-state index in [4.69, 9.17) is 16.9 Å². The van der Waals surface area contributed by atoms with E-state index in [-0.39, 0.29) is 5.91 Å². The van der Waals surface area contributed by atoms with Crippen LogP contribution in [0.15, 0.2) is 35.8 Å². The van der Waals surface area contributed by atoms with Crippen molar-refractivity contribution in [1.29, 1.82) is 5.26 Å². The molecule has 0 spiro atoms. The molecule has 0 aliphatic carbocycles. The number of rotatable bonds is 4. The number of halogens is 1. The van der Waals surface area contributed by atoms with Crippen LogP contribution in [-0.2, 0) is 11.2 Å². The van der Waals surface area contributed by atoms with Crippen molar-refractivity contribution in [3.05, 3.63) is 46.4 Å². The molecule has 1 unspecified atom stereocenters. The Balaban J connectivity index is 2.02. The Hall–Kier alpha value is -1.90. The number of benzene rings is 1. The first kappa shape index (κ1) is 13.5. The first-order chi connectivity index (χ1) is 9.19. The van der Waals surface area contributed by atoms with E-state index in [9.17, 15) is 4.79 Å². The van der Waals surface area contributed by atoms with Crippen LogP contribution in [0.5, 0.6) is 0 Å². The fraction of sp³-hybridized carbons (Fsp3) is 0.154. The van der Waals surface area contributed by atoms with Crippen molar-refractivity contribution in [3.63, 3.8) is 0 Å². The third-order valence-corrected chi connectivity index (χ3v) is 3.43. The third-order valence-electron chi connectivity index (χ3n) is 2.49. The molecule has 0 radical (unpaired) electrons. The lowest BCUT2D eigenvalue weighted by atomic mass is 10.00. The van der Waals surface area contributed by atoms with Crippen LogP contribution in [0.25, 0.3) is 0 Å². The number of anilines is 1. The van der Waals surface area contributed by atoms with E-state index in [0.717, 1.165) is 5.56 Å². The average Bonchev–Trinajstić information content (AvgIpc) is 2.90. The summed E-state index contributed by atoms with van der Waals surface area (Å²) in [4.78, 5) is 15.9. The Bertz CT molecular complexity index is 589. The van der Waals surface area contributed by atoms with Gasteiger partial charge in [0.1, 0.15) is 5.92 Å². The molecule has 4 nitrogen and oxygen atoms in total. The fourth-order valence-electron chi connectivity index (χ4n) is 1.53. The van der Waals surface area contributed by atoms with Crippen LogP contribution in [0.1, 0.15) is 5.56 Å². The maximum absolute atomic E-state index is 11.9. The Morgan fingerprint density at radius 3 is 2.79 bits per heavy atom. The molecule has 0 saturated heterocycles. The van der Waals surface area contributed by atoms with E-state index in [0.29, 0.717) is 16.6 Å². The summed E-state index contributed by atoms with van der Waals surface area (Å²) in [6.45, 7) is 0. The standard InChI is InChI=1S/C13H10ClN3OS/c14-11-3-1-9(2-4-11)7-10(8-15)12(18)17-13-16-5-6-19-13/h1-6,10H,7H2,(H,16,17,18). The molecule has 0 bridgehead atoms. The molecule has 1 heterocycles. The second-order valence-corrected chi connectivity index (χ2v) is 5.17. The van der Waals surface area contributed by atoms with Crippen LogP contribution < -0.4 is 5.32 Å². The van der Waals surface area contributed by atoms with Gasteiger partial charge in [-0.2, -0.15) is 5.26 Å². The number of carbonyl (C=O) groups is 1. The number of nitrogens with one attached hydrogen (secondary N) is 1. The molecule has 19 heavy (non-hydrogen) atoms. The van der Waals surface area contributed by atoms with Gasteiger partial charge in [-0.05, 0) is 24.1 Å². The lowest BCUT2D eigenvalue weighted by Gasteiger charge is -2.08. The first-order valence-corrected chi connectivity index (χ1v) is 6.79. The van der Waals surface area contributed by atoms with Gasteiger partial charge in [-0.3, -0.25) is 4.79 Å². The number of aromatic nitrogens is 1. The zero-order chi connectivity index (χ0) is 13.7. The van der Waals surface area contributed by atoms with Crippen molar-refractivity contribution in [2.24, 2.45) is 5.92 Å². The number of nitriles is 1. The highest BCUT2D eigenvalue weighted by Crippen LogP contribution is 2.16. The number of hydrogen-bond acceptors (Lipinski definition) is 4. The van der Waals surface area contributed by atoms with Crippen LogP contribution in [0.3, 0.4) is 0 Å². The normalized spacial score (nSPS) is 11.6. The Morgan fingerprint density at radius 1 is 1.47 bits per heavy atom. The lowest BCUT2D eigenvalue weighted by molar-refractivity contribution is -0.118. The quantitative estimate of drug-likeness (QED) is 0.941. The van der Waals surface area contributed by atoms with Crippen molar-refractivity contribution >= 4 is 34.0 Å². The van der Waals surface area contributed by atoms with Crippen molar-refractivity contribution in [2.45, 2.75) is 6.42 Å². The van der Waals surface area contributed by atoms with Gasteiger partial charge in [0, 0.05) is 16.6 Å². The van der Waals surface area contributed by atoms with Gasteiger partial charge in [0.15, 0.2) is 5.13 Å². The van der Waals surface area contributed by atoms with Crippen molar-refractivity contribution in [1.82, 2.24) is 4.98 Å². The Labute approximate surface area is 119 Å². The van der Waals surface area contributed by atoms with Crippen LogP contribution in [0.4, 0.5) is 5.13 Å².